The average molecular weight is 534 g/mol. The minimum Gasteiger partial charge on any atom is -0.494 e. The van der Waals surface area contributed by atoms with E-state index in [0.29, 0.717) is 47.2 Å². The summed E-state index contributed by atoms with van der Waals surface area (Å²) in [6, 6.07) is 18.1. The van der Waals surface area contributed by atoms with Crippen molar-refractivity contribution < 1.29 is 33.3 Å². The maximum atomic E-state index is 12.5. The van der Waals surface area contributed by atoms with E-state index < -0.39 is 17.8 Å². The third-order valence-corrected chi connectivity index (χ3v) is 5.19. The van der Waals surface area contributed by atoms with Crippen LogP contribution in [-0.2, 0) is 4.79 Å². The SMILES string of the molecule is CCCOc1ccc(C(=O)NCC(=O)N/N=C\c2ccc(OC(=O)c3ccc(OCC)cc3)c(OC)c2)cc1. The number of benzene rings is 3. The number of esters is 1. The molecule has 39 heavy (non-hydrogen) atoms. The lowest BCUT2D eigenvalue weighted by Crippen LogP contribution is -2.34. The summed E-state index contributed by atoms with van der Waals surface area (Å²) < 4.78 is 21.7. The van der Waals surface area contributed by atoms with Crippen LogP contribution in [0, 0.1) is 0 Å². The van der Waals surface area contributed by atoms with Crippen LogP contribution in [0.3, 0.4) is 0 Å². The Morgan fingerprint density at radius 2 is 1.51 bits per heavy atom. The molecule has 3 aromatic rings. The van der Waals surface area contributed by atoms with Gasteiger partial charge in [0, 0.05) is 5.56 Å². The normalized spacial score (nSPS) is 10.5. The van der Waals surface area contributed by atoms with Gasteiger partial charge in [0.05, 0.1) is 38.6 Å². The number of nitrogens with zero attached hydrogens (tertiary/aromatic N) is 1. The number of rotatable bonds is 13. The largest absolute Gasteiger partial charge is 0.494 e. The molecule has 0 atom stereocenters. The molecule has 3 rings (SSSR count). The van der Waals surface area contributed by atoms with Crippen molar-refractivity contribution in [2.45, 2.75) is 20.3 Å². The number of nitrogens with one attached hydrogen (secondary N) is 2. The minimum atomic E-state index is -0.548. The highest BCUT2D eigenvalue weighted by molar-refractivity contribution is 5.96. The molecule has 0 radical (unpaired) electrons. The summed E-state index contributed by atoms with van der Waals surface area (Å²) in [5.41, 5.74) is 3.70. The zero-order chi connectivity index (χ0) is 28.0. The van der Waals surface area contributed by atoms with Crippen molar-refractivity contribution in [2.75, 3.05) is 26.9 Å². The summed E-state index contributed by atoms with van der Waals surface area (Å²) in [6.07, 6.45) is 2.29. The van der Waals surface area contributed by atoms with E-state index in [0.717, 1.165) is 6.42 Å². The van der Waals surface area contributed by atoms with Crippen molar-refractivity contribution in [3.63, 3.8) is 0 Å². The van der Waals surface area contributed by atoms with Gasteiger partial charge in [0.1, 0.15) is 11.5 Å². The number of hydrogen-bond acceptors (Lipinski definition) is 8. The smallest absolute Gasteiger partial charge is 0.343 e. The van der Waals surface area contributed by atoms with Crippen molar-refractivity contribution >= 4 is 24.0 Å². The molecule has 2 amide bonds. The van der Waals surface area contributed by atoms with Crippen LogP contribution in [0.15, 0.2) is 71.8 Å². The number of carbonyl (C=O) groups is 3. The van der Waals surface area contributed by atoms with Gasteiger partial charge < -0.3 is 24.3 Å². The number of carbonyl (C=O) groups excluding carboxylic acids is 3. The van der Waals surface area contributed by atoms with Crippen molar-refractivity contribution in [1.29, 1.82) is 0 Å². The zero-order valence-electron chi connectivity index (χ0n) is 22.1. The highest BCUT2D eigenvalue weighted by Crippen LogP contribution is 2.28. The van der Waals surface area contributed by atoms with Crippen LogP contribution in [0.25, 0.3) is 0 Å². The third-order valence-electron chi connectivity index (χ3n) is 5.19. The predicted octanol–water partition coefficient (Wildman–Crippen LogP) is 3.98. The number of hydrazone groups is 1. The Bertz CT molecular complexity index is 1290. The van der Waals surface area contributed by atoms with E-state index in [9.17, 15) is 14.4 Å². The second kappa shape index (κ2) is 14.8. The van der Waals surface area contributed by atoms with Gasteiger partial charge in [0.15, 0.2) is 11.5 Å². The molecule has 0 aliphatic carbocycles. The van der Waals surface area contributed by atoms with Gasteiger partial charge in [-0.25, -0.2) is 10.2 Å². The molecular weight excluding hydrogens is 502 g/mol. The molecule has 204 valence electrons. The van der Waals surface area contributed by atoms with Gasteiger partial charge in [-0.3, -0.25) is 9.59 Å². The zero-order valence-corrected chi connectivity index (χ0v) is 22.1. The maximum Gasteiger partial charge on any atom is 0.343 e. The Morgan fingerprint density at radius 3 is 2.15 bits per heavy atom. The molecule has 0 saturated carbocycles. The van der Waals surface area contributed by atoms with E-state index in [-0.39, 0.29) is 12.3 Å². The first-order valence-corrected chi connectivity index (χ1v) is 12.4. The molecule has 0 saturated heterocycles. The van der Waals surface area contributed by atoms with Gasteiger partial charge in [-0.15, -0.1) is 0 Å². The summed E-state index contributed by atoms with van der Waals surface area (Å²) in [4.78, 5) is 36.8. The Labute approximate surface area is 226 Å². The molecule has 2 N–H and O–H groups in total. The third kappa shape index (κ3) is 8.89. The van der Waals surface area contributed by atoms with Crippen LogP contribution in [0.5, 0.6) is 23.0 Å². The number of methoxy groups -OCH3 is 1. The lowest BCUT2D eigenvalue weighted by Gasteiger charge is -2.10. The predicted molar refractivity (Wildman–Crippen MR) is 146 cm³/mol. The molecule has 0 heterocycles. The fourth-order valence-corrected chi connectivity index (χ4v) is 3.26. The standard InChI is InChI=1S/C29H31N3O7/c1-4-16-38-24-11-7-21(8-12-24)28(34)30-19-27(33)32-31-18-20-6-15-25(26(17-20)36-3)39-29(35)22-9-13-23(14-10-22)37-5-2/h6-15,17-18H,4-5,16,19H2,1-3H3,(H,30,34)(H,32,33)/b31-18-. The fourth-order valence-electron chi connectivity index (χ4n) is 3.26. The Balaban J connectivity index is 1.49. The number of hydrogen-bond donors (Lipinski definition) is 2. The maximum absolute atomic E-state index is 12.5. The quantitative estimate of drug-likeness (QED) is 0.147. The van der Waals surface area contributed by atoms with E-state index >= 15 is 0 Å². The second-order valence-corrected chi connectivity index (χ2v) is 8.11. The van der Waals surface area contributed by atoms with Crippen LogP contribution in [0.1, 0.15) is 46.5 Å². The fraction of sp³-hybridized carbons (Fsp3) is 0.241. The Hall–Kier alpha value is -4.86. The van der Waals surface area contributed by atoms with Gasteiger partial charge in [-0.1, -0.05) is 6.92 Å². The second-order valence-electron chi connectivity index (χ2n) is 8.11. The summed E-state index contributed by atoms with van der Waals surface area (Å²) in [7, 11) is 1.45. The lowest BCUT2D eigenvalue weighted by molar-refractivity contribution is -0.120. The van der Waals surface area contributed by atoms with Crippen molar-refractivity contribution in [1.82, 2.24) is 10.7 Å². The summed E-state index contributed by atoms with van der Waals surface area (Å²) in [5, 5.41) is 6.44. The molecule has 10 nitrogen and oxygen atoms in total. The first-order valence-electron chi connectivity index (χ1n) is 12.4. The summed E-state index contributed by atoms with van der Waals surface area (Å²) in [6.45, 7) is 4.76. The Kier molecular flexibility index (Phi) is 10.9. The molecule has 0 bridgehead atoms. The van der Waals surface area contributed by atoms with Crippen LogP contribution in [0.4, 0.5) is 0 Å². The van der Waals surface area contributed by atoms with Crippen molar-refractivity contribution in [3.05, 3.63) is 83.4 Å². The van der Waals surface area contributed by atoms with Gasteiger partial charge in [-0.05, 0) is 85.6 Å². The lowest BCUT2D eigenvalue weighted by atomic mass is 10.2. The van der Waals surface area contributed by atoms with Crippen LogP contribution in [-0.4, -0.2) is 50.9 Å². The van der Waals surface area contributed by atoms with Crippen LogP contribution in [0.2, 0.25) is 0 Å². The van der Waals surface area contributed by atoms with Crippen LogP contribution < -0.4 is 29.7 Å². The van der Waals surface area contributed by atoms with Gasteiger partial charge in [0.25, 0.3) is 11.8 Å². The average Bonchev–Trinajstić information content (AvgIpc) is 2.96. The molecule has 0 spiro atoms. The highest BCUT2D eigenvalue weighted by Gasteiger charge is 2.13. The van der Waals surface area contributed by atoms with Crippen molar-refractivity contribution in [2.24, 2.45) is 5.10 Å². The first-order chi connectivity index (χ1) is 18.9. The van der Waals surface area contributed by atoms with E-state index in [1.54, 1.807) is 66.7 Å². The molecule has 3 aromatic carbocycles. The minimum absolute atomic E-state index is 0.227. The highest BCUT2D eigenvalue weighted by atomic mass is 16.6. The molecule has 0 unspecified atom stereocenters. The first kappa shape index (κ1) is 28.7. The molecule has 0 aliphatic heterocycles. The molecular formula is C29H31N3O7. The van der Waals surface area contributed by atoms with Gasteiger partial charge >= 0.3 is 5.97 Å². The number of amides is 2. The monoisotopic (exact) mass is 533 g/mol. The molecule has 10 heteroatoms. The van der Waals surface area contributed by atoms with E-state index in [1.165, 1.54) is 13.3 Å². The van der Waals surface area contributed by atoms with E-state index in [4.69, 9.17) is 18.9 Å². The Morgan fingerprint density at radius 1 is 0.846 bits per heavy atom. The molecule has 0 fully saturated rings. The van der Waals surface area contributed by atoms with E-state index in [2.05, 4.69) is 15.8 Å². The molecule has 0 aromatic heterocycles. The molecule has 0 aliphatic rings. The van der Waals surface area contributed by atoms with Gasteiger partial charge in [-0.2, -0.15) is 5.10 Å². The van der Waals surface area contributed by atoms with Crippen molar-refractivity contribution in [3.8, 4) is 23.0 Å². The van der Waals surface area contributed by atoms with Gasteiger partial charge in [0.2, 0.25) is 0 Å². The number of ether oxygens (including phenoxy) is 4. The van der Waals surface area contributed by atoms with Crippen LogP contribution >= 0.6 is 0 Å². The summed E-state index contributed by atoms with van der Waals surface area (Å²) in [5.74, 6) is 0.427. The topological polar surface area (TPSA) is 125 Å². The van der Waals surface area contributed by atoms with E-state index in [1.807, 2.05) is 13.8 Å². The summed E-state index contributed by atoms with van der Waals surface area (Å²) >= 11 is 0.